The number of carbonyl (C=O) groups is 1. The van der Waals surface area contributed by atoms with Crippen molar-refractivity contribution in [3.05, 3.63) is 71.3 Å². The minimum Gasteiger partial charge on any atom is -0.379 e. The summed E-state index contributed by atoms with van der Waals surface area (Å²) >= 11 is 0. The van der Waals surface area contributed by atoms with Crippen molar-refractivity contribution in [1.82, 2.24) is 14.5 Å². The minimum atomic E-state index is -3.36. The number of rotatable bonds is 8. The molecule has 2 saturated heterocycles. The molecule has 0 saturated carbocycles. The number of morpholine rings is 1. The smallest absolute Gasteiger partial charge is 0.223 e. The van der Waals surface area contributed by atoms with Crippen LogP contribution in [0.2, 0.25) is 0 Å². The number of carbonyl (C=O) groups excluding carboxylic acids is 1. The number of nitrogens with zero attached hydrogens (tertiary/aromatic N) is 2. The zero-order valence-corrected chi connectivity index (χ0v) is 19.8. The molecule has 2 aromatic rings. The summed E-state index contributed by atoms with van der Waals surface area (Å²) in [6.07, 6.45) is 1.11. The molecule has 2 fully saturated rings. The van der Waals surface area contributed by atoms with Crippen molar-refractivity contribution in [2.24, 2.45) is 5.92 Å². The number of amides is 1. The van der Waals surface area contributed by atoms with Crippen LogP contribution in [0.4, 0.5) is 0 Å². The average Bonchev–Trinajstić information content (AvgIpc) is 2.84. The Balaban J connectivity index is 1.20. The Kier molecular flexibility index (Phi) is 8.14. The van der Waals surface area contributed by atoms with E-state index in [1.807, 2.05) is 30.3 Å². The van der Waals surface area contributed by atoms with E-state index in [1.54, 1.807) is 0 Å². The van der Waals surface area contributed by atoms with Crippen molar-refractivity contribution in [1.29, 1.82) is 0 Å². The van der Waals surface area contributed by atoms with Gasteiger partial charge in [-0.3, -0.25) is 9.69 Å². The quantitative estimate of drug-likeness (QED) is 0.640. The monoisotopic (exact) mass is 471 g/mol. The maximum Gasteiger partial charge on any atom is 0.223 e. The third kappa shape index (κ3) is 6.86. The summed E-state index contributed by atoms with van der Waals surface area (Å²) in [5.41, 5.74) is 3.11. The van der Waals surface area contributed by atoms with Crippen LogP contribution in [0.5, 0.6) is 0 Å². The molecule has 2 heterocycles. The van der Waals surface area contributed by atoms with Gasteiger partial charge in [0.05, 0.1) is 19.0 Å². The Morgan fingerprint density at radius 1 is 0.879 bits per heavy atom. The highest BCUT2D eigenvalue weighted by molar-refractivity contribution is 7.88. The van der Waals surface area contributed by atoms with Crippen LogP contribution in [0.3, 0.4) is 0 Å². The van der Waals surface area contributed by atoms with Gasteiger partial charge >= 0.3 is 0 Å². The fourth-order valence-corrected chi connectivity index (χ4v) is 5.95. The number of hydrogen-bond acceptors (Lipinski definition) is 5. The third-order valence-corrected chi connectivity index (χ3v) is 8.26. The fraction of sp³-hybridized carbons (Fsp3) is 0.480. The van der Waals surface area contributed by atoms with Crippen LogP contribution in [-0.4, -0.2) is 62.9 Å². The normalized spacial score (nSPS) is 18.8. The second-order valence-corrected chi connectivity index (χ2v) is 10.8. The van der Waals surface area contributed by atoms with E-state index in [2.05, 4.69) is 34.5 Å². The first kappa shape index (κ1) is 23.9. The molecule has 1 amide bonds. The van der Waals surface area contributed by atoms with E-state index < -0.39 is 10.0 Å². The number of sulfonamides is 1. The molecule has 0 bridgehead atoms. The SMILES string of the molecule is O=C(NCc1ccc(CN2CCOCC2)cc1)C1CCN(S(=O)(=O)Cc2ccccc2)CC1. The summed E-state index contributed by atoms with van der Waals surface area (Å²) in [4.78, 5) is 15.0. The van der Waals surface area contributed by atoms with Crippen LogP contribution in [0.15, 0.2) is 54.6 Å². The summed E-state index contributed by atoms with van der Waals surface area (Å²) in [7, 11) is -3.36. The lowest BCUT2D eigenvalue weighted by atomic mass is 9.97. The average molecular weight is 472 g/mol. The van der Waals surface area contributed by atoms with Crippen LogP contribution in [-0.2, 0) is 38.4 Å². The van der Waals surface area contributed by atoms with Gasteiger partial charge in [-0.05, 0) is 29.5 Å². The Hall–Kier alpha value is -2.26. The van der Waals surface area contributed by atoms with Gasteiger partial charge in [-0.1, -0.05) is 54.6 Å². The molecule has 178 valence electrons. The molecule has 7 nitrogen and oxygen atoms in total. The molecule has 0 aliphatic carbocycles. The van der Waals surface area contributed by atoms with Gasteiger partial charge in [0, 0.05) is 45.2 Å². The van der Waals surface area contributed by atoms with Crippen LogP contribution >= 0.6 is 0 Å². The molecule has 2 aliphatic rings. The standard InChI is InChI=1S/C25H33N3O4S/c29-25(26-18-21-6-8-22(9-7-21)19-27-14-16-32-17-15-27)24-10-12-28(13-11-24)33(30,31)20-23-4-2-1-3-5-23/h1-9,24H,10-20H2,(H,26,29). The molecule has 8 heteroatoms. The van der Waals surface area contributed by atoms with Crippen molar-refractivity contribution >= 4 is 15.9 Å². The first-order valence-electron chi connectivity index (χ1n) is 11.7. The summed E-state index contributed by atoms with van der Waals surface area (Å²) in [5, 5.41) is 3.03. The van der Waals surface area contributed by atoms with E-state index in [4.69, 9.17) is 4.74 Å². The van der Waals surface area contributed by atoms with Crippen molar-refractivity contribution in [3.8, 4) is 0 Å². The summed E-state index contributed by atoms with van der Waals surface area (Å²) < 4.78 is 32.3. The van der Waals surface area contributed by atoms with E-state index in [1.165, 1.54) is 9.87 Å². The molecule has 1 N–H and O–H groups in total. The van der Waals surface area contributed by atoms with Crippen molar-refractivity contribution < 1.29 is 17.9 Å². The van der Waals surface area contributed by atoms with Gasteiger partial charge in [-0.15, -0.1) is 0 Å². The van der Waals surface area contributed by atoms with Crippen molar-refractivity contribution in [3.63, 3.8) is 0 Å². The molecule has 2 aliphatic heterocycles. The molecule has 33 heavy (non-hydrogen) atoms. The largest absolute Gasteiger partial charge is 0.379 e. The predicted molar refractivity (Wildman–Crippen MR) is 128 cm³/mol. The van der Waals surface area contributed by atoms with E-state index >= 15 is 0 Å². The third-order valence-electron chi connectivity index (χ3n) is 6.41. The lowest BCUT2D eigenvalue weighted by molar-refractivity contribution is -0.126. The zero-order chi connectivity index (χ0) is 23.1. The van der Waals surface area contributed by atoms with E-state index in [9.17, 15) is 13.2 Å². The molecule has 2 aromatic carbocycles. The van der Waals surface area contributed by atoms with Gasteiger partial charge in [0.2, 0.25) is 15.9 Å². The second-order valence-electron chi connectivity index (χ2n) is 8.84. The maximum absolute atomic E-state index is 12.7. The summed E-state index contributed by atoms with van der Waals surface area (Å²) in [6, 6.07) is 17.6. The molecular weight excluding hydrogens is 438 g/mol. The highest BCUT2D eigenvalue weighted by Crippen LogP contribution is 2.22. The zero-order valence-electron chi connectivity index (χ0n) is 19.0. The molecule has 0 aromatic heterocycles. The number of piperidine rings is 1. The Morgan fingerprint density at radius 2 is 1.52 bits per heavy atom. The fourth-order valence-electron chi connectivity index (χ4n) is 4.39. The molecule has 0 radical (unpaired) electrons. The summed E-state index contributed by atoms with van der Waals surface area (Å²) in [5.74, 6) is -0.132. The van der Waals surface area contributed by atoms with Crippen molar-refractivity contribution in [2.45, 2.75) is 31.7 Å². The Labute approximate surface area is 196 Å². The van der Waals surface area contributed by atoms with E-state index in [0.717, 1.165) is 44.0 Å². The Morgan fingerprint density at radius 3 is 2.18 bits per heavy atom. The van der Waals surface area contributed by atoms with Gasteiger partial charge in [0.1, 0.15) is 0 Å². The number of benzene rings is 2. The molecule has 4 rings (SSSR count). The Bertz CT molecular complexity index is 998. The first-order chi connectivity index (χ1) is 16.0. The van der Waals surface area contributed by atoms with E-state index in [0.29, 0.717) is 32.5 Å². The molecule has 0 unspecified atom stereocenters. The molecule has 0 atom stereocenters. The predicted octanol–water partition coefficient (Wildman–Crippen LogP) is 2.38. The number of ether oxygens (including phenoxy) is 1. The lowest BCUT2D eigenvalue weighted by Gasteiger charge is -2.30. The van der Waals surface area contributed by atoms with Gasteiger partial charge in [0.15, 0.2) is 0 Å². The van der Waals surface area contributed by atoms with Gasteiger partial charge < -0.3 is 10.1 Å². The van der Waals surface area contributed by atoms with Crippen LogP contribution < -0.4 is 5.32 Å². The molecule has 0 spiro atoms. The van der Waals surface area contributed by atoms with Gasteiger partial charge in [-0.2, -0.15) is 0 Å². The maximum atomic E-state index is 12.7. The van der Waals surface area contributed by atoms with Gasteiger partial charge in [-0.25, -0.2) is 12.7 Å². The number of hydrogen-bond donors (Lipinski definition) is 1. The van der Waals surface area contributed by atoms with Crippen molar-refractivity contribution in [2.75, 3.05) is 39.4 Å². The highest BCUT2D eigenvalue weighted by Gasteiger charge is 2.31. The second kappa shape index (κ2) is 11.2. The van der Waals surface area contributed by atoms with Crippen LogP contribution in [0.25, 0.3) is 0 Å². The minimum absolute atomic E-state index is 0.00619. The highest BCUT2D eigenvalue weighted by atomic mass is 32.2. The van der Waals surface area contributed by atoms with Gasteiger partial charge in [0.25, 0.3) is 0 Å². The number of nitrogens with one attached hydrogen (secondary N) is 1. The first-order valence-corrected chi connectivity index (χ1v) is 13.3. The topological polar surface area (TPSA) is 79.0 Å². The van der Waals surface area contributed by atoms with E-state index in [-0.39, 0.29) is 17.6 Å². The summed E-state index contributed by atoms with van der Waals surface area (Å²) in [6.45, 7) is 5.70. The van der Waals surface area contributed by atoms with Crippen LogP contribution in [0.1, 0.15) is 29.5 Å². The van der Waals surface area contributed by atoms with Crippen LogP contribution in [0, 0.1) is 5.92 Å². The molecular formula is C25H33N3O4S. The lowest BCUT2D eigenvalue weighted by Crippen LogP contribution is -2.43.